The van der Waals surface area contributed by atoms with Gasteiger partial charge in [-0.1, -0.05) is 18.2 Å². The van der Waals surface area contributed by atoms with Crippen LogP contribution in [0.1, 0.15) is 50.5 Å². The summed E-state index contributed by atoms with van der Waals surface area (Å²) in [7, 11) is 0. The molecule has 2 N–H and O–H groups in total. The highest BCUT2D eigenvalue weighted by Gasteiger charge is 2.41. The van der Waals surface area contributed by atoms with Gasteiger partial charge in [-0.25, -0.2) is 4.39 Å². The molecule has 1 saturated heterocycles. The van der Waals surface area contributed by atoms with Gasteiger partial charge < -0.3 is 15.5 Å². The first-order valence-corrected chi connectivity index (χ1v) is 12.5. The largest absolute Gasteiger partial charge is 0.354 e. The molecule has 5 nitrogen and oxygen atoms in total. The van der Waals surface area contributed by atoms with Crippen molar-refractivity contribution in [2.45, 2.75) is 57.0 Å². The van der Waals surface area contributed by atoms with Crippen molar-refractivity contribution in [2.24, 2.45) is 10.9 Å². The maximum Gasteiger partial charge on any atom is 0.225 e. The zero-order valence-electron chi connectivity index (χ0n) is 17.8. The Hall–Kier alpha value is -1.76. The van der Waals surface area contributed by atoms with Crippen molar-refractivity contribution in [3.8, 4) is 0 Å². The van der Waals surface area contributed by atoms with Crippen LogP contribution < -0.4 is 10.6 Å². The van der Waals surface area contributed by atoms with E-state index >= 15 is 0 Å². The van der Waals surface area contributed by atoms with E-state index in [9.17, 15) is 9.18 Å². The van der Waals surface area contributed by atoms with Crippen LogP contribution in [0.3, 0.4) is 0 Å². The molecule has 2 saturated carbocycles. The zero-order chi connectivity index (χ0) is 20.9. The molecule has 0 bridgehead atoms. The zero-order valence-corrected chi connectivity index (χ0v) is 18.6. The molecule has 2 aliphatic carbocycles. The van der Waals surface area contributed by atoms with Crippen molar-refractivity contribution in [1.29, 1.82) is 0 Å². The Balaban J connectivity index is 1.25. The predicted octanol–water partition coefficient (Wildman–Crippen LogP) is 3.37. The lowest BCUT2D eigenvalue weighted by Gasteiger charge is -2.34. The van der Waals surface area contributed by atoms with Gasteiger partial charge in [0.1, 0.15) is 5.82 Å². The van der Waals surface area contributed by atoms with E-state index in [4.69, 9.17) is 0 Å². The number of guanidine groups is 1. The van der Waals surface area contributed by atoms with Crippen molar-refractivity contribution >= 4 is 23.6 Å². The normalized spacial score (nSPS) is 29.4. The predicted molar refractivity (Wildman–Crippen MR) is 121 cm³/mol. The van der Waals surface area contributed by atoms with E-state index in [2.05, 4.69) is 20.5 Å². The third kappa shape index (κ3) is 5.29. The Morgan fingerprint density at radius 2 is 1.90 bits per heavy atom. The van der Waals surface area contributed by atoms with Crippen LogP contribution in [0.25, 0.3) is 0 Å². The van der Waals surface area contributed by atoms with E-state index in [1.165, 1.54) is 6.07 Å². The van der Waals surface area contributed by atoms with Crippen LogP contribution >= 0.6 is 11.8 Å². The van der Waals surface area contributed by atoms with Crippen molar-refractivity contribution in [1.82, 2.24) is 15.5 Å². The molecule has 1 heterocycles. The highest BCUT2D eigenvalue weighted by molar-refractivity contribution is 7.99. The average Bonchev–Trinajstić information content (AvgIpc) is 3.53. The standard InChI is InChI=1S/C23H33FN4OS/c1-2-25-23(27-21-15-19(21)18-5-3-4-6-20(18)24)26-17-9-7-16(8-10-17)22(29)28-11-13-30-14-12-28/h3-6,16-17,19,21H,2,7-15H2,1H3,(H2,25,26,27). The van der Waals surface area contributed by atoms with Gasteiger partial charge >= 0.3 is 0 Å². The van der Waals surface area contributed by atoms with E-state index in [1.807, 2.05) is 30.8 Å². The molecule has 0 spiro atoms. The summed E-state index contributed by atoms with van der Waals surface area (Å²) in [5.74, 6) is 3.60. The van der Waals surface area contributed by atoms with Crippen LogP contribution in [-0.4, -0.2) is 60.0 Å². The lowest BCUT2D eigenvalue weighted by Crippen LogP contribution is -2.48. The summed E-state index contributed by atoms with van der Waals surface area (Å²) >= 11 is 1.94. The van der Waals surface area contributed by atoms with Gasteiger partial charge in [-0.15, -0.1) is 0 Å². The van der Waals surface area contributed by atoms with Gasteiger partial charge in [-0.2, -0.15) is 11.8 Å². The molecule has 0 aromatic heterocycles. The molecule has 2 atom stereocenters. The number of benzene rings is 1. The third-order valence-corrected chi connectivity index (χ3v) is 7.42. The van der Waals surface area contributed by atoms with Crippen LogP contribution in [0.5, 0.6) is 0 Å². The number of nitrogens with one attached hydrogen (secondary N) is 2. The number of carbonyl (C=O) groups is 1. The Kier molecular flexibility index (Phi) is 7.18. The van der Waals surface area contributed by atoms with Gasteiger partial charge in [-0.3, -0.25) is 9.79 Å². The number of amides is 1. The Bertz CT molecular complexity index is 759. The van der Waals surface area contributed by atoms with E-state index in [0.29, 0.717) is 18.5 Å². The summed E-state index contributed by atoms with van der Waals surface area (Å²) in [5.41, 5.74) is 0.793. The van der Waals surface area contributed by atoms with Gasteiger partial charge in [-0.05, 0) is 50.7 Å². The molecular formula is C23H33FN4OS. The van der Waals surface area contributed by atoms with Gasteiger partial charge in [0, 0.05) is 55.1 Å². The van der Waals surface area contributed by atoms with Crippen LogP contribution in [0.4, 0.5) is 4.39 Å². The second-order valence-corrected chi connectivity index (χ2v) is 9.79. The molecule has 3 fully saturated rings. The molecule has 1 aliphatic heterocycles. The first-order chi connectivity index (χ1) is 14.7. The van der Waals surface area contributed by atoms with Crippen molar-refractivity contribution in [3.05, 3.63) is 35.6 Å². The van der Waals surface area contributed by atoms with E-state index in [-0.39, 0.29) is 23.7 Å². The first-order valence-electron chi connectivity index (χ1n) is 11.3. The molecule has 1 amide bonds. The minimum Gasteiger partial charge on any atom is -0.354 e. The first kappa shape index (κ1) is 21.5. The number of halogens is 1. The second-order valence-electron chi connectivity index (χ2n) is 8.57. The molecule has 1 aromatic rings. The number of carbonyl (C=O) groups excluding carboxylic acids is 1. The molecule has 7 heteroatoms. The smallest absolute Gasteiger partial charge is 0.225 e. The molecule has 0 radical (unpaired) electrons. The fraction of sp³-hybridized carbons (Fsp3) is 0.652. The van der Waals surface area contributed by atoms with Crippen molar-refractivity contribution in [2.75, 3.05) is 31.1 Å². The highest BCUT2D eigenvalue weighted by Crippen LogP contribution is 2.41. The maximum atomic E-state index is 14.0. The molecule has 1 aromatic carbocycles. The maximum absolute atomic E-state index is 14.0. The van der Waals surface area contributed by atoms with Gasteiger partial charge in [0.25, 0.3) is 0 Å². The van der Waals surface area contributed by atoms with Crippen LogP contribution in [0, 0.1) is 11.7 Å². The fourth-order valence-electron chi connectivity index (χ4n) is 4.66. The Morgan fingerprint density at radius 3 is 2.60 bits per heavy atom. The number of nitrogens with zero attached hydrogens (tertiary/aromatic N) is 2. The summed E-state index contributed by atoms with van der Waals surface area (Å²) in [6.45, 7) is 4.54. The lowest BCUT2D eigenvalue weighted by molar-refractivity contribution is -0.136. The number of rotatable bonds is 5. The van der Waals surface area contributed by atoms with E-state index in [0.717, 1.165) is 68.2 Å². The average molecular weight is 433 g/mol. The number of hydrogen-bond acceptors (Lipinski definition) is 3. The second kappa shape index (κ2) is 10.0. The number of aliphatic imine (C=N–C) groups is 1. The summed E-state index contributed by atoms with van der Waals surface area (Å²) < 4.78 is 14.0. The highest BCUT2D eigenvalue weighted by atomic mass is 32.2. The number of hydrogen-bond donors (Lipinski definition) is 2. The van der Waals surface area contributed by atoms with Crippen molar-refractivity contribution < 1.29 is 9.18 Å². The van der Waals surface area contributed by atoms with Gasteiger partial charge in [0.2, 0.25) is 5.91 Å². The fourth-order valence-corrected chi connectivity index (χ4v) is 5.56. The monoisotopic (exact) mass is 432 g/mol. The summed E-state index contributed by atoms with van der Waals surface area (Å²) in [6.07, 6.45) is 4.80. The minimum absolute atomic E-state index is 0.121. The summed E-state index contributed by atoms with van der Waals surface area (Å²) in [4.78, 5) is 19.4. The summed E-state index contributed by atoms with van der Waals surface area (Å²) in [6, 6.07) is 7.62. The molecule has 4 rings (SSSR count). The minimum atomic E-state index is -0.121. The Morgan fingerprint density at radius 1 is 1.17 bits per heavy atom. The molecule has 164 valence electrons. The quantitative estimate of drug-likeness (QED) is 0.553. The van der Waals surface area contributed by atoms with Gasteiger partial charge in [0.15, 0.2) is 5.96 Å². The van der Waals surface area contributed by atoms with Crippen molar-refractivity contribution in [3.63, 3.8) is 0 Å². The van der Waals surface area contributed by atoms with Gasteiger partial charge in [0.05, 0.1) is 0 Å². The van der Waals surface area contributed by atoms with E-state index < -0.39 is 0 Å². The SMILES string of the molecule is CCN=C(NC1CCC(C(=O)N2CCSCC2)CC1)NC1CC1c1ccccc1F. The topological polar surface area (TPSA) is 56.7 Å². The summed E-state index contributed by atoms with van der Waals surface area (Å²) in [5, 5.41) is 7.07. The molecule has 30 heavy (non-hydrogen) atoms. The number of thioether (sulfide) groups is 1. The molecule has 3 aliphatic rings. The Labute approximate surface area is 183 Å². The van der Waals surface area contributed by atoms with Crippen LogP contribution in [0.2, 0.25) is 0 Å². The molecular weight excluding hydrogens is 399 g/mol. The lowest BCUT2D eigenvalue weighted by atomic mass is 9.85. The van der Waals surface area contributed by atoms with E-state index in [1.54, 1.807) is 6.07 Å². The van der Waals surface area contributed by atoms with Crippen LogP contribution in [-0.2, 0) is 4.79 Å². The van der Waals surface area contributed by atoms with Crippen LogP contribution in [0.15, 0.2) is 29.3 Å². The molecule has 2 unspecified atom stereocenters. The third-order valence-electron chi connectivity index (χ3n) is 6.47.